The minimum Gasteiger partial charge on any atom is -0.489 e. The summed E-state index contributed by atoms with van der Waals surface area (Å²) in [5.41, 5.74) is 1.14. The molecular weight excluding hydrogens is 226 g/mol. The Balaban J connectivity index is 2.34. The molecule has 1 aromatic rings. The van der Waals surface area contributed by atoms with Crippen LogP contribution in [-0.4, -0.2) is 26.3 Å². The highest BCUT2D eigenvalue weighted by atomic mass is 16.5. The van der Waals surface area contributed by atoms with Crippen LogP contribution in [0.3, 0.4) is 0 Å². The van der Waals surface area contributed by atoms with E-state index >= 15 is 0 Å². The molecule has 1 aromatic carbocycles. The number of benzene rings is 1. The molecule has 0 bridgehead atoms. The topological polar surface area (TPSA) is 30.5 Å². The Morgan fingerprint density at radius 2 is 2.17 bits per heavy atom. The summed E-state index contributed by atoms with van der Waals surface area (Å²) in [6, 6.07) is 8.06. The van der Waals surface area contributed by atoms with Gasteiger partial charge in [0, 0.05) is 13.7 Å². The molecule has 3 heteroatoms. The summed E-state index contributed by atoms with van der Waals surface area (Å²) < 4.78 is 11.0. The first kappa shape index (κ1) is 15.0. The quantitative estimate of drug-likeness (QED) is 0.684. The molecule has 1 N–H and O–H groups in total. The summed E-state index contributed by atoms with van der Waals surface area (Å²) >= 11 is 0. The van der Waals surface area contributed by atoms with Crippen LogP contribution in [0.25, 0.3) is 0 Å². The predicted molar refractivity (Wildman–Crippen MR) is 75.0 cm³/mol. The second-order valence-electron chi connectivity index (χ2n) is 4.57. The van der Waals surface area contributed by atoms with Gasteiger partial charge >= 0.3 is 0 Å². The third-order valence-electron chi connectivity index (χ3n) is 2.69. The molecule has 0 fully saturated rings. The predicted octanol–water partition coefficient (Wildman–Crippen LogP) is 2.99. The molecule has 0 heterocycles. The Hall–Kier alpha value is -1.06. The van der Waals surface area contributed by atoms with Crippen molar-refractivity contribution in [3.63, 3.8) is 0 Å². The van der Waals surface area contributed by atoms with Crippen molar-refractivity contribution in [3.8, 4) is 5.75 Å². The lowest BCUT2D eigenvalue weighted by Gasteiger charge is -2.16. The molecule has 102 valence electrons. The van der Waals surface area contributed by atoms with Crippen LogP contribution in [0.1, 0.15) is 32.3 Å². The van der Waals surface area contributed by atoms with Crippen molar-refractivity contribution in [2.45, 2.75) is 39.4 Å². The maximum atomic E-state index is 5.86. The molecule has 0 spiro atoms. The number of hydrogen-bond acceptors (Lipinski definition) is 3. The van der Waals surface area contributed by atoms with Gasteiger partial charge in [-0.25, -0.2) is 0 Å². The van der Waals surface area contributed by atoms with E-state index in [1.165, 1.54) is 12.8 Å². The van der Waals surface area contributed by atoms with Gasteiger partial charge in [-0.1, -0.05) is 25.5 Å². The summed E-state index contributed by atoms with van der Waals surface area (Å²) in [7, 11) is 1.70. The molecular formula is C15H25NO2. The number of hydrogen-bond donors (Lipinski definition) is 1. The van der Waals surface area contributed by atoms with E-state index < -0.39 is 0 Å². The summed E-state index contributed by atoms with van der Waals surface area (Å²) in [6.45, 7) is 6.85. The summed E-state index contributed by atoms with van der Waals surface area (Å²) in [5.74, 6) is 0.911. The van der Waals surface area contributed by atoms with E-state index in [1.54, 1.807) is 7.11 Å². The third kappa shape index (κ3) is 6.03. The van der Waals surface area contributed by atoms with Crippen LogP contribution < -0.4 is 10.1 Å². The van der Waals surface area contributed by atoms with E-state index in [-0.39, 0.29) is 6.10 Å². The number of methoxy groups -OCH3 is 1. The van der Waals surface area contributed by atoms with Crippen molar-refractivity contribution in [2.24, 2.45) is 0 Å². The van der Waals surface area contributed by atoms with Crippen LogP contribution >= 0.6 is 0 Å². The Morgan fingerprint density at radius 1 is 1.33 bits per heavy atom. The largest absolute Gasteiger partial charge is 0.489 e. The van der Waals surface area contributed by atoms with Gasteiger partial charge in [-0.15, -0.1) is 0 Å². The zero-order valence-corrected chi connectivity index (χ0v) is 11.7. The molecule has 0 aliphatic heterocycles. The summed E-state index contributed by atoms with van der Waals surface area (Å²) in [5, 5.41) is 3.40. The first-order valence-corrected chi connectivity index (χ1v) is 6.71. The molecule has 0 aliphatic rings. The SMILES string of the molecule is CCCCNCC(C)Oc1cccc(COC)c1. The van der Waals surface area contributed by atoms with Gasteiger partial charge < -0.3 is 14.8 Å². The Labute approximate surface area is 110 Å². The average molecular weight is 251 g/mol. The average Bonchev–Trinajstić information content (AvgIpc) is 2.35. The lowest BCUT2D eigenvalue weighted by atomic mass is 10.2. The third-order valence-corrected chi connectivity index (χ3v) is 2.69. The van der Waals surface area contributed by atoms with Crippen molar-refractivity contribution in [3.05, 3.63) is 29.8 Å². The first-order valence-electron chi connectivity index (χ1n) is 6.71. The maximum absolute atomic E-state index is 5.86. The highest BCUT2D eigenvalue weighted by Crippen LogP contribution is 2.15. The molecule has 0 aliphatic carbocycles. The van der Waals surface area contributed by atoms with Gasteiger partial charge in [-0.2, -0.15) is 0 Å². The van der Waals surface area contributed by atoms with E-state index in [0.717, 1.165) is 24.4 Å². The fourth-order valence-electron chi connectivity index (χ4n) is 1.76. The molecule has 3 nitrogen and oxygen atoms in total. The number of ether oxygens (including phenoxy) is 2. The van der Waals surface area contributed by atoms with Crippen LogP contribution in [0, 0.1) is 0 Å². The molecule has 18 heavy (non-hydrogen) atoms. The molecule has 0 amide bonds. The highest BCUT2D eigenvalue weighted by molar-refractivity contribution is 5.28. The molecule has 1 unspecified atom stereocenters. The van der Waals surface area contributed by atoms with Crippen molar-refractivity contribution < 1.29 is 9.47 Å². The molecule has 1 atom stereocenters. The maximum Gasteiger partial charge on any atom is 0.120 e. The van der Waals surface area contributed by atoms with Gasteiger partial charge in [-0.3, -0.25) is 0 Å². The molecule has 0 saturated heterocycles. The normalized spacial score (nSPS) is 12.4. The van der Waals surface area contributed by atoms with E-state index in [0.29, 0.717) is 6.61 Å². The van der Waals surface area contributed by atoms with Gasteiger partial charge in [0.25, 0.3) is 0 Å². The van der Waals surface area contributed by atoms with Crippen molar-refractivity contribution in [1.82, 2.24) is 5.32 Å². The van der Waals surface area contributed by atoms with Crippen molar-refractivity contribution in [1.29, 1.82) is 0 Å². The van der Waals surface area contributed by atoms with E-state index in [2.05, 4.69) is 19.2 Å². The Bertz CT molecular complexity index is 328. The van der Waals surface area contributed by atoms with Gasteiger partial charge in [0.05, 0.1) is 6.61 Å². The Morgan fingerprint density at radius 3 is 2.89 bits per heavy atom. The fraction of sp³-hybridized carbons (Fsp3) is 0.600. The second kappa shape index (κ2) is 8.95. The molecule has 0 radical (unpaired) electrons. The summed E-state index contributed by atoms with van der Waals surface area (Å²) in [6.07, 6.45) is 2.62. The first-order chi connectivity index (χ1) is 8.76. The Kier molecular flexibility index (Phi) is 7.46. The van der Waals surface area contributed by atoms with E-state index in [4.69, 9.17) is 9.47 Å². The molecule has 1 rings (SSSR count). The van der Waals surface area contributed by atoms with Gasteiger partial charge in [0.15, 0.2) is 0 Å². The van der Waals surface area contributed by atoms with Crippen LogP contribution in [0.2, 0.25) is 0 Å². The van der Waals surface area contributed by atoms with Gasteiger partial charge in [0.1, 0.15) is 11.9 Å². The second-order valence-corrected chi connectivity index (χ2v) is 4.57. The number of unbranched alkanes of at least 4 members (excludes halogenated alkanes) is 1. The van der Waals surface area contributed by atoms with E-state index in [1.807, 2.05) is 24.3 Å². The minimum absolute atomic E-state index is 0.180. The zero-order valence-electron chi connectivity index (χ0n) is 11.7. The van der Waals surface area contributed by atoms with Crippen LogP contribution in [0.5, 0.6) is 5.75 Å². The number of nitrogens with one attached hydrogen (secondary N) is 1. The van der Waals surface area contributed by atoms with Gasteiger partial charge in [-0.05, 0) is 37.6 Å². The highest BCUT2D eigenvalue weighted by Gasteiger charge is 2.04. The lowest BCUT2D eigenvalue weighted by Crippen LogP contribution is -2.29. The fourth-order valence-corrected chi connectivity index (χ4v) is 1.76. The monoisotopic (exact) mass is 251 g/mol. The van der Waals surface area contributed by atoms with Crippen molar-refractivity contribution in [2.75, 3.05) is 20.2 Å². The van der Waals surface area contributed by atoms with Crippen LogP contribution in [-0.2, 0) is 11.3 Å². The lowest BCUT2D eigenvalue weighted by molar-refractivity contribution is 0.183. The van der Waals surface area contributed by atoms with Crippen molar-refractivity contribution >= 4 is 0 Å². The molecule has 0 aromatic heterocycles. The minimum atomic E-state index is 0.180. The zero-order chi connectivity index (χ0) is 13.2. The summed E-state index contributed by atoms with van der Waals surface area (Å²) in [4.78, 5) is 0. The molecule has 0 saturated carbocycles. The van der Waals surface area contributed by atoms with Gasteiger partial charge in [0.2, 0.25) is 0 Å². The number of rotatable bonds is 9. The van der Waals surface area contributed by atoms with Crippen LogP contribution in [0.15, 0.2) is 24.3 Å². The van der Waals surface area contributed by atoms with E-state index in [9.17, 15) is 0 Å². The smallest absolute Gasteiger partial charge is 0.120 e. The standard InChI is InChI=1S/C15H25NO2/c1-4-5-9-16-11-13(2)18-15-8-6-7-14(10-15)12-17-3/h6-8,10,13,16H,4-5,9,11-12H2,1-3H3. The van der Waals surface area contributed by atoms with Crippen LogP contribution in [0.4, 0.5) is 0 Å².